The number of hydrogen-bond donors (Lipinski definition) is 0. The minimum absolute atomic E-state index is 0.127. The van der Waals surface area contributed by atoms with E-state index in [-0.39, 0.29) is 11.9 Å². The Bertz CT molecular complexity index is 670. The van der Waals surface area contributed by atoms with E-state index in [4.69, 9.17) is 9.26 Å². The molecule has 0 spiro atoms. The average molecular weight is 302 g/mol. The fourth-order valence-corrected chi connectivity index (χ4v) is 2.75. The third-order valence-electron chi connectivity index (χ3n) is 3.80. The first kappa shape index (κ1) is 14.5. The van der Waals surface area contributed by atoms with Crippen molar-refractivity contribution in [3.05, 3.63) is 24.2 Å². The van der Waals surface area contributed by atoms with E-state index in [1.165, 1.54) is 7.11 Å². The number of ether oxygens (including phenoxy) is 1. The lowest BCUT2D eigenvalue weighted by Crippen LogP contribution is -2.39. The van der Waals surface area contributed by atoms with E-state index in [0.29, 0.717) is 18.3 Å². The largest absolute Gasteiger partial charge is 0.469 e. The second-order valence-electron chi connectivity index (χ2n) is 5.33. The number of aryl methyl sites for hydroxylation is 1. The molecule has 0 radical (unpaired) electrons. The SMILES string of the molecule is COC(=O)[C@@H]1CCCN(c2ncccc2-c2nc(C)no2)C1. The highest BCUT2D eigenvalue weighted by Gasteiger charge is 2.29. The van der Waals surface area contributed by atoms with Crippen LogP contribution in [0.1, 0.15) is 18.7 Å². The highest BCUT2D eigenvalue weighted by atomic mass is 16.5. The zero-order chi connectivity index (χ0) is 15.5. The lowest BCUT2D eigenvalue weighted by atomic mass is 9.98. The Hall–Kier alpha value is -2.44. The first-order chi connectivity index (χ1) is 10.7. The van der Waals surface area contributed by atoms with Gasteiger partial charge < -0.3 is 14.2 Å². The molecule has 2 aromatic rings. The van der Waals surface area contributed by atoms with Crippen LogP contribution in [0, 0.1) is 12.8 Å². The first-order valence-electron chi connectivity index (χ1n) is 7.27. The maximum absolute atomic E-state index is 11.8. The Morgan fingerprint density at radius 1 is 1.50 bits per heavy atom. The van der Waals surface area contributed by atoms with Gasteiger partial charge in [0.2, 0.25) is 0 Å². The van der Waals surface area contributed by atoms with Crippen molar-refractivity contribution in [1.29, 1.82) is 0 Å². The molecule has 1 fully saturated rings. The molecule has 1 aliphatic heterocycles. The fraction of sp³-hybridized carbons (Fsp3) is 0.467. The molecular weight excluding hydrogens is 284 g/mol. The third kappa shape index (κ3) is 2.79. The minimum Gasteiger partial charge on any atom is -0.469 e. The molecule has 0 bridgehead atoms. The molecule has 0 aromatic carbocycles. The van der Waals surface area contributed by atoms with E-state index in [1.807, 2.05) is 12.1 Å². The maximum atomic E-state index is 11.8. The Morgan fingerprint density at radius 2 is 2.36 bits per heavy atom. The Kier molecular flexibility index (Phi) is 4.04. The van der Waals surface area contributed by atoms with E-state index < -0.39 is 0 Å². The molecule has 0 amide bonds. The van der Waals surface area contributed by atoms with Gasteiger partial charge >= 0.3 is 5.97 Å². The summed E-state index contributed by atoms with van der Waals surface area (Å²) in [5.74, 6) is 1.49. The van der Waals surface area contributed by atoms with Crippen LogP contribution in [0.2, 0.25) is 0 Å². The number of carbonyl (C=O) groups excluding carboxylic acids is 1. The van der Waals surface area contributed by atoms with Gasteiger partial charge in [-0.15, -0.1) is 0 Å². The highest BCUT2D eigenvalue weighted by molar-refractivity contribution is 5.75. The van der Waals surface area contributed by atoms with E-state index in [2.05, 4.69) is 20.0 Å². The Morgan fingerprint density at radius 3 is 3.09 bits per heavy atom. The Balaban J connectivity index is 1.90. The standard InChI is InChI=1S/C15H18N4O3/c1-10-17-14(22-18-10)12-6-3-7-16-13(12)19-8-4-5-11(9-19)15(20)21-2/h3,6-7,11H,4-5,8-9H2,1-2H3/t11-/m1/s1. The predicted octanol–water partition coefficient (Wildman–Crippen LogP) is 1.83. The molecule has 1 atom stereocenters. The number of methoxy groups -OCH3 is 1. The summed E-state index contributed by atoms with van der Waals surface area (Å²) in [4.78, 5) is 22.6. The van der Waals surface area contributed by atoms with Crippen molar-refractivity contribution in [3.63, 3.8) is 0 Å². The van der Waals surface area contributed by atoms with Crippen molar-refractivity contribution >= 4 is 11.8 Å². The molecule has 0 N–H and O–H groups in total. The van der Waals surface area contributed by atoms with Gasteiger partial charge in [0.15, 0.2) is 5.82 Å². The van der Waals surface area contributed by atoms with Crippen LogP contribution in [0.5, 0.6) is 0 Å². The smallest absolute Gasteiger partial charge is 0.310 e. The summed E-state index contributed by atoms with van der Waals surface area (Å²) in [6.45, 7) is 3.20. The molecule has 22 heavy (non-hydrogen) atoms. The molecule has 2 aromatic heterocycles. The van der Waals surface area contributed by atoms with Crippen molar-refractivity contribution in [2.45, 2.75) is 19.8 Å². The first-order valence-corrected chi connectivity index (χ1v) is 7.27. The number of piperidine rings is 1. The number of aromatic nitrogens is 3. The molecule has 116 valence electrons. The van der Waals surface area contributed by atoms with Crippen molar-refractivity contribution < 1.29 is 14.1 Å². The van der Waals surface area contributed by atoms with Crippen LogP contribution in [0.4, 0.5) is 5.82 Å². The topological polar surface area (TPSA) is 81.4 Å². The molecule has 3 heterocycles. The molecule has 3 rings (SSSR count). The quantitative estimate of drug-likeness (QED) is 0.800. The lowest BCUT2D eigenvalue weighted by molar-refractivity contribution is -0.145. The average Bonchev–Trinajstić information content (AvgIpc) is 3.00. The summed E-state index contributed by atoms with van der Waals surface area (Å²) in [7, 11) is 1.43. The summed E-state index contributed by atoms with van der Waals surface area (Å²) in [6.07, 6.45) is 3.48. The zero-order valence-electron chi connectivity index (χ0n) is 12.7. The van der Waals surface area contributed by atoms with Crippen molar-refractivity contribution in [2.75, 3.05) is 25.1 Å². The molecule has 7 nitrogen and oxygen atoms in total. The van der Waals surface area contributed by atoms with Crippen molar-refractivity contribution in [2.24, 2.45) is 5.92 Å². The van der Waals surface area contributed by atoms with Gasteiger partial charge in [-0.25, -0.2) is 4.98 Å². The molecule has 7 heteroatoms. The molecule has 0 saturated carbocycles. The second-order valence-corrected chi connectivity index (χ2v) is 5.33. The van der Waals surface area contributed by atoms with E-state index >= 15 is 0 Å². The van der Waals surface area contributed by atoms with Gasteiger partial charge in [0.25, 0.3) is 5.89 Å². The number of rotatable bonds is 3. The van der Waals surface area contributed by atoms with Gasteiger partial charge in [-0.3, -0.25) is 4.79 Å². The van der Waals surface area contributed by atoms with Crippen LogP contribution in [0.25, 0.3) is 11.5 Å². The van der Waals surface area contributed by atoms with Crippen LogP contribution in [-0.4, -0.2) is 41.3 Å². The molecular formula is C15H18N4O3. The number of pyridine rings is 1. The second kappa shape index (κ2) is 6.13. The van der Waals surface area contributed by atoms with Crippen LogP contribution < -0.4 is 4.90 Å². The van der Waals surface area contributed by atoms with Gasteiger partial charge in [0, 0.05) is 19.3 Å². The molecule has 0 unspecified atom stereocenters. The van der Waals surface area contributed by atoms with Crippen LogP contribution in [0.3, 0.4) is 0 Å². The van der Waals surface area contributed by atoms with E-state index in [9.17, 15) is 4.79 Å². The predicted molar refractivity (Wildman–Crippen MR) is 79.2 cm³/mol. The number of nitrogens with zero attached hydrogens (tertiary/aromatic N) is 4. The summed E-state index contributed by atoms with van der Waals surface area (Å²) >= 11 is 0. The summed E-state index contributed by atoms with van der Waals surface area (Å²) in [6, 6.07) is 3.73. The van der Waals surface area contributed by atoms with Gasteiger partial charge in [0.1, 0.15) is 5.82 Å². The highest BCUT2D eigenvalue weighted by Crippen LogP contribution is 2.30. The van der Waals surface area contributed by atoms with Gasteiger partial charge in [-0.1, -0.05) is 5.16 Å². The third-order valence-corrected chi connectivity index (χ3v) is 3.80. The summed E-state index contributed by atoms with van der Waals surface area (Å²) in [5, 5.41) is 3.83. The van der Waals surface area contributed by atoms with Gasteiger partial charge in [0.05, 0.1) is 18.6 Å². The van der Waals surface area contributed by atoms with Crippen molar-refractivity contribution in [1.82, 2.24) is 15.1 Å². The fourth-order valence-electron chi connectivity index (χ4n) is 2.75. The summed E-state index contributed by atoms with van der Waals surface area (Å²) < 4.78 is 10.1. The summed E-state index contributed by atoms with van der Waals surface area (Å²) in [5.41, 5.74) is 0.786. The lowest BCUT2D eigenvalue weighted by Gasteiger charge is -2.32. The van der Waals surface area contributed by atoms with E-state index in [0.717, 1.165) is 30.8 Å². The Labute approximate surface area is 128 Å². The van der Waals surface area contributed by atoms with E-state index in [1.54, 1.807) is 13.1 Å². The number of carbonyl (C=O) groups is 1. The van der Waals surface area contributed by atoms with Gasteiger partial charge in [-0.2, -0.15) is 4.98 Å². The maximum Gasteiger partial charge on any atom is 0.310 e. The minimum atomic E-state index is -0.171. The number of anilines is 1. The molecule has 1 aliphatic rings. The number of esters is 1. The zero-order valence-corrected chi connectivity index (χ0v) is 12.7. The molecule has 0 aliphatic carbocycles. The van der Waals surface area contributed by atoms with Gasteiger partial charge in [-0.05, 0) is 31.9 Å². The number of hydrogen-bond acceptors (Lipinski definition) is 7. The van der Waals surface area contributed by atoms with Crippen LogP contribution in [0.15, 0.2) is 22.9 Å². The van der Waals surface area contributed by atoms with Crippen LogP contribution in [-0.2, 0) is 9.53 Å². The van der Waals surface area contributed by atoms with Crippen molar-refractivity contribution in [3.8, 4) is 11.5 Å². The van der Waals surface area contributed by atoms with Crippen LogP contribution >= 0.6 is 0 Å². The molecule has 1 saturated heterocycles. The monoisotopic (exact) mass is 302 g/mol. The normalized spacial score (nSPS) is 18.3.